The van der Waals surface area contributed by atoms with Crippen molar-refractivity contribution in [1.29, 1.82) is 0 Å². The minimum absolute atomic E-state index is 0.776. The molecule has 2 aromatic heterocycles. The quantitative estimate of drug-likeness (QED) is 0.620. The van der Waals surface area contributed by atoms with Gasteiger partial charge in [0.2, 0.25) is 5.16 Å². The monoisotopic (exact) mass is 338 g/mol. The van der Waals surface area contributed by atoms with Crippen LogP contribution in [0.15, 0.2) is 16.4 Å². The molecular formula is C7H7IN4S2. The molecule has 0 atom stereocenters. The van der Waals surface area contributed by atoms with Crippen LogP contribution in [0.4, 0.5) is 0 Å². The lowest BCUT2D eigenvalue weighted by atomic mass is 10.8. The highest BCUT2D eigenvalue weighted by atomic mass is 127. The summed E-state index contributed by atoms with van der Waals surface area (Å²) in [5.41, 5.74) is 0.833. The molecule has 2 aromatic rings. The molecule has 74 valence electrons. The lowest BCUT2D eigenvalue weighted by Crippen LogP contribution is -2.00. The normalized spacial score (nSPS) is 11.1. The number of thioether (sulfide) groups is 2. The van der Waals surface area contributed by atoms with E-state index in [4.69, 9.17) is 0 Å². The number of hydrogen-bond acceptors (Lipinski definition) is 5. The van der Waals surface area contributed by atoms with Gasteiger partial charge in [-0.05, 0) is 35.1 Å². The van der Waals surface area contributed by atoms with Crippen LogP contribution in [0.5, 0.6) is 0 Å². The van der Waals surface area contributed by atoms with Gasteiger partial charge in [0.1, 0.15) is 8.73 Å². The van der Waals surface area contributed by atoms with Crippen molar-refractivity contribution in [2.45, 2.75) is 10.2 Å². The molecule has 2 rings (SSSR count). The number of imidazole rings is 1. The first-order valence-electron chi connectivity index (χ1n) is 3.75. The lowest BCUT2D eigenvalue weighted by molar-refractivity contribution is 0.746. The fraction of sp³-hybridized carbons (Fsp3) is 0.286. The van der Waals surface area contributed by atoms with Gasteiger partial charge in [-0.15, -0.1) is 16.9 Å². The van der Waals surface area contributed by atoms with Gasteiger partial charge in [0.25, 0.3) is 0 Å². The van der Waals surface area contributed by atoms with Gasteiger partial charge in [0.15, 0.2) is 5.65 Å². The zero-order chi connectivity index (χ0) is 10.1. The topological polar surface area (TPSA) is 43.1 Å². The molecule has 0 aromatic carbocycles. The van der Waals surface area contributed by atoms with Gasteiger partial charge in [-0.2, -0.15) is 0 Å². The van der Waals surface area contributed by atoms with E-state index in [1.807, 2.05) is 17.0 Å². The Morgan fingerprint density at radius 3 is 2.79 bits per heavy atom. The third-order valence-electron chi connectivity index (χ3n) is 1.65. The molecule has 0 saturated heterocycles. The van der Waals surface area contributed by atoms with E-state index < -0.39 is 0 Å². The largest absolute Gasteiger partial charge is 0.232 e. The van der Waals surface area contributed by atoms with Crippen LogP contribution in [0.25, 0.3) is 5.65 Å². The fourth-order valence-corrected chi connectivity index (χ4v) is 2.41. The van der Waals surface area contributed by atoms with Gasteiger partial charge in [0.05, 0.1) is 6.20 Å². The van der Waals surface area contributed by atoms with E-state index in [0.29, 0.717) is 0 Å². The molecule has 0 unspecified atom stereocenters. The first-order chi connectivity index (χ1) is 6.76. The van der Waals surface area contributed by atoms with Crippen molar-refractivity contribution >= 4 is 51.8 Å². The molecule has 0 aliphatic heterocycles. The predicted octanol–water partition coefficient (Wildman–Crippen LogP) is 2.17. The van der Waals surface area contributed by atoms with Gasteiger partial charge in [-0.3, -0.25) is 0 Å². The molecule has 0 radical (unpaired) electrons. The van der Waals surface area contributed by atoms with Crippen LogP contribution in [0.3, 0.4) is 0 Å². The number of fused-ring (bicyclic) bond motifs is 1. The van der Waals surface area contributed by atoms with Crippen molar-refractivity contribution in [1.82, 2.24) is 19.6 Å². The summed E-state index contributed by atoms with van der Waals surface area (Å²) in [6, 6.07) is 0. The highest BCUT2D eigenvalue weighted by molar-refractivity contribution is 14.1. The average Bonchev–Trinajstić information content (AvgIpc) is 2.59. The molecule has 0 aliphatic rings. The predicted molar refractivity (Wildman–Crippen MR) is 67.1 cm³/mol. The first kappa shape index (κ1) is 10.5. The van der Waals surface area contributed by atoms with E-state index in [1.54, 1.807) is 18.0 Å². The molecule has 0 spiro atoms. The van der Waals surface area contributed by atoms with Crippen LogP contribution in [-0.2, 0) is 0 Å². The summed E-state index contributed by atoms with van der Waals surface area (Å²) >= 11 is 5.34. The number of nitrogens with zero attached hydrogens (tertiary/aromatic N) is 4. The maximum absolute atomic E-state index is 4.38. The van der Waals surface area contributed by atoms with E-state index in [1.165, 1.54) is 11.8 Å². The van der Waals surface area contributed by atoms with Crippen LogP contribution in [-0.4, -0.2) is 32.1 Å². The van der Waals surface area contributed by atoms with Crippen LogP contribution in [0, 0.1) is 3.70 Å². The third-order valence-corrected chi connectivity index (χ3v) is 3.58. The van der Waals surface area contributed by atoms with Crippen LogP contribution < -0.4 is 0 Å². The van der Waals surface area contributed by atoms with E-state index >= 15 is 0 Å². The van der Waals surface area contributed by atoms with Gasteiger partial charge in [-0.1, -0.05) is 11.8 Å². The summed E-state index contributed by atoms with van der Waals surface area (Å²) in [7, 11) is 0. The van der Waals surface area contributed by atoms with Crippen molar-refractivity contribution in [3.8, 4) is 0 Å². The molecule has 0 aliphatic carbocycles. The zero-order valence-corrected chi connectivity index (χ0v) is 11.4. The Bertz CT molecular complexity index is 470. The molecular weight excluding hydrogens is 331 g/mol. The number of halogens is 1. The van der Waals surface area contributed by atoms with Crippen molar-refractivity contribution in [2.24, 2.45) is 0 Å². The summed E-state index contributed by atoms with van der Waals surface area (Å²) in [5.74, 6) is 0. The number of rotatable bonds is 2. The van der Waals surface area contributed by atoms with Crippen LogP contribution in [0.1, 0.15) is 0 Å². The second kappa shape index (κ2) is 4.23. The maximum atomic E-state index is 4.38. The second-order valence-electron chi connectivity index (χ2n) is 2.42. The van der Waals surface area contributed by atoms with E-state index in [-0.39, 0.29) is 0 Å². The molecule has 0 N–H and O–H groups in total. The molecule has 0 amide bonds. The molecule has 7 heteroatoms. The SMILES string of the molecule is CSc1nc(SC)c2ncc(I)n2n1. The standard InChI is InChI=1S/C7H7IN4S2/c1-13-6-5-9-3-4(8)12(5)11-7(10-6)14-2/h3H,1-2H3. The first-order valence-corrected chi connectivity index (χ1v) is 7.28. The summed E-state index contributed by atoms with van der Waals surface area (Å²) in [6.07, 6.45) is 5.76. The van der Waals surface area contributed by atoms with Gasteiger partial charge in [-0.25, -0.2) is 14.5 Å². The molecule has 14 heavy (non-hydrogen) atoms. The molecule has 0 bridgehead atoms. The summed E-state index contributed by atoms with van der Waals surface area (Å²) in [5, 5.41) is 6.05. The van der Waals surface area contributed by atoms with Gasteiger partial charge >= 0.3 is 0 Å². The second-order valence-corrected chi connectivity index (χ2v) is 5.10. The van der Waals surface area contributed by atoms with Crippen LogP contribution >= 0.6 is 46.1 Å². The van der Waals surface area contributed by atoms with Crippen LogP contribution in [0.2, 0.25) is 0 Å². The van der Waals surface area contributed by atoms with Crippen molar-refractivity contribution in [3.05, 3.63) is 9.90 Å². The summed E-state index contributed by atoms with van der Waals surface area (Å²) in [4.78, 5) is 8.64. The Morgan fingerprint density at radius 1 is 1.36 bits per heavy atom. The Labute approximate surface area is 103 Å². The Balaban J connectivity index is 2.76. The van der Waals surface area contributed by atoms with Crippen molar-refractivity contribution in [3.63, 3.8) is 0 Å². The Kier molecular flexibility index (Phi) is 3.17. The lowest BCUT2D eigenvalue weighted by Gasteiger charge is -2.01. The molecule has 0 saturated carbocycles. The van der Waals surface area contributed by atoms with E-state index in [0.717, 1.165) is 19.5 Å². The molecule has 0 fully saturated rings. The fourth-order valence-electron chi connectivity index (χ4n) is 1.03. The number of aromatic nitrogens is 4. The molecule has 4 nitrogen and oxygen atoms in total. The highest BCUT2D eigenvalue weighted by Crippen LogP contribution is 2.21. The number of hydrogen-bond donors (Lipinski definition) is 0. The minimum atomic E-state index is 0.776. The Hall–Kier alpha value is -0.0200. The van der Waals surface area contributed by atoms with Crippen molar-refractivity contribution in [2.75, 3.05) is 12.5 Å². The zero-order valence-electron chi connectivity index (χ0n) is 7.56. The maximum Gasteiger partial charge on any atom is 0.208 e. The summed E-state index contributed by atoms with van der Waals surface area (Å²) < 4.78 is 2.83. The van der Waals surface area contributed by atoms with Gasteiger partial charge < -0.3 is 0 Å². The minimum Gasteiger partial charge on any atom is -0.232 e. The third kappa shape index (κ3) is 1.72. The molecule has 2 heterocycles. The highest BCUT2D eigenvalue weighted by Gasteiger charge is 2.09. The van der Waals surface area contributed by atoms with E-state index in [2.05, 4.69) is 37.7 Å². The van der Waals surface area contributed by atoms with E-state index in [9.17, 15) is 0 Å². The Morgan fingerprint density at radius 2 is 2.14 bits per heavy atom. The average molecular weight is 338 g/mol. The van der Waals surface area contributed by atoms with Gasteiger partial charge in [0, 0.05) is 0 Å². The summed E-state index contributed by atoms with van der Waals surface area (Å²) in [6.45, 7) is 0. The smallest absolute Gasteiger partial charge is 0.208 e. The van der Waals surface area contributed by atoms with Crippen molar-refractivity contribution < 1.29 is 0 Å².